The minimum Gasteiger partial charge on any atom is -0.321 e. The highest BCUT2D eigenvalue weighted by molar-refractivity contribution is 6.03. The first-order valence-corrected chi connectivity index (χ1v) is 10.0. The predicted octanol–water partition coefficient (Wildman–Crippen LogP) is 5.83. The first-order chi connectivity index (χ1) is 14.6. The highest BCUT2D eigenvalue weighted by Crippen LogP contribution is 2.22. The maximum absolute atomic E-state index is 12.9. The van der Waals surface area contributed by atoms with Crippen LogP contribution in [0.25, 0.3) is 11.3 Å². The summed E-state index contributed by atoms with van der Waals surface area (Å²) in [5.74, 6) is -0.165. The fraction of sp³-hybridized carbons (Fsp3) is 0.111. The number of hydrogen-bond donors (Lipinski definition) is 1. The van der Waals surface area contributed by atoms with Crippen molar-refractivity contribution in [1.29, 1.82) is 0 Å². The van der Waals surface area contributed by atoms with Gasteiger partial charge in [-0.15, -0.1) is 0 Å². The molecule has 3 rings (SSSR count). The van der Waals surface area contributed by atoms with Crippen molar-refractivity contribution in [3.8, 4) is 0 Å². The van der Waals surface area contributed by atoms with E-state index in [0.717, 1.165) is 22.3 Å². The zero-order chi connectivity index (χ0) is 21.3. The monoisotopic (exact) mass is 395 g/mol. The molecule has 3 aromatic rings. The van der Waals surface area contributed by atoms with Crippen LogP contribution in [0.5, 0.6) is 0 Å². The zero-order valence-electron chi connectivity index (χ0n) is 17.3. The zero-order valence-corrected chi connectivity index (χ0v) is 17.3. The molecule has 0 unspecified atom stereocenters. The summed E-state index contributed by atoms with van der Waals surface area (Å²) in [5.41, 5.74) is 4.85. The summed E-state index contributed by atoms with van der Waals surface area (Å²) in [7, 11) is 0. The van der Waals surface area contributed by atoms with Gasteiger partial charge in [0.1, 0.15) is 0 Å². The van der Waals surface area contributed by atoms with Gasteiger partial charge in [-0.25, -0.2) is 0 Å². The molecule has 3 nitrogen and oxygen atoms in total. The summed E-state index contributed by atoms with van der Waals surface area (Å²) in [4.78, 5) is 25.1. The molecule has 3 heteroatoms. The fourth-order valence-corrected chi connectivity index (χ4v) is 2.98. The Balaban J connectivity index is 2.04. The molecule has 0 aromatic heterocycles. The van der Waals surface area contributed by atoms with Crippen LogP contribution in [0.3, 0.4) is 0 Å². The second-order valence-corrected chi connectivity index (χ2v) is 7.03. The van der Waals surface area contributed by atoms with Gasteiger partial charge in [0, 0.05) is 17.7 Å². The van der Waals surface area contributed by atoms with Gasteiger partial charge in [-0.05, 0) is 47.9 Å². The van der Waals surface area contributed by atoms with Crippen molar-refractivity contribution in [2.24, 2.45) is 0 Å². The molecule has 0 aliphatic carbocycles. The molecule has 0 heterocycles. The quantitative estimate of drug-likeness (QED) is 0.404. The lowest BCUT2D eigenvalue weighted by atomic mass is 10.0. The first kappa shape index (κ1) is 21.0. The Morgan fingerprint density at radius 3 is 1.87 bits per heavy atom. The molecule has 1 N–H and O–H groups in total. The molecule has 0 saturated carbocycles. The standard InChI is InChI=1S/C27H25NO2/c1-3-25(29)18-24(21-10-6-4-7-11-21)19-26(22-12-8-5-9-13-22)28-27(30)23-16-14-20(2)15-17-23/h4-19H,3H2,1-2H3,(H,28,30). The van der Waals surface area contributed by atoms with Crippen LogP contribution in [0.2, 0.25) is 0 Å². The molecule has 0 radical (unpaired) electrons. The molecular formula is C27H25NO2. The number of hydrogen-bond acceptors (Lipinski definition) is 2. The lowest BCUT2D eigenvalue weighted by Gasteiger charge is -2.13. The van der Waals surface area contributed by atoms with Crippen molar-refractivity contribution in [2.45, 2.75) is 20.3 Å². The fourth-order valence-electron chi connectivity index (χ4n) is 2.98. The lowest BCUT2D eigenvalue weighted by molar-refractivity contribution is -0.114. The van der Waals surface area contributed by atoms with E-state index in [-0.39, 0.29) is 11.7 Å². The smallest absolute Gasteiger partial charge is 0.255 e. The number of amides is 1. The Kier molecular flexibility index (Phi) is 7.12. The highest BCUT2D eigenvalue weighted by atomic mass is 16.1. The van der Waals surface area contributed by atoms with E-state index < -0.39 is 0 Å². The van der Waals surface area contributed by atoms with E-state index in [1.807, 2.05) is 105 Å². The van der Waals surface area contributed by atoms with E-state index in [2.05, 4.69) is 5.32 Å². The summed E-state index contributed by atoms with van der Waals surface area (Å²) in [5, 5.41) is 3.03. The number of allylic oxidation sites excluding steroid dienone is 3. The van der Waals surface area contributed by atoms with Crippen LogP contribution < -0.4 is 5.32 Å². The topological polar surface area (TPSA) is 46.2 Å². The first-order valence-electron chi connectivity index (χ1n) is 10.0. The summed E-state index contributed by atoms with van der Waals surface area (Å²) in [6.45, 7) is 3.82. The summed E-state index contributed by atoms with van der Waals surface area (Å²) in [6.07, 6.45) is 3.92. The third-order valence-corrected chi connectivity index (χ3v) is 4.72. The second-order valence-electron chi connectivity index (χ2n) is 7.03. The van der Waals surface area contributed by atoms with Crippen LogP contribution in [-0.4, -0.2) is 11.7 Å². The molecule has 0 bridgehead atoms. The van der Waals surface area contributed by atoms with Gasteiger partial charge in [-0.2, -0.15) is 0 Å². The number of rotatable bonds is 7. The highest BCUT2D eigenvalue weighted by Gasteiger charge is 2.11. The largest absolute Gasteiger partial charge is 0.321 e. The number of benzene rings is 3. The number of aryl methyl sites for hydroxylation is 1. The van der Waals surface area contributed by atoms with E-state index in [0.29, 0.717) is 17.7 Å². The van der Waals surface area contributed by atoms with E-state index in [4.69, 9.17) is 0 Å². The normalized spacial score (nSPS) is 11.8. The number of carbonyl (C=O) groups is 2. The van der Waals surface area contributed by atoms with Gasteiger partial charge in [0.2, 0.25) is 0 Å². The minimum atomic E-state index is -0.195. The molecule has 0 aliphatic rings. The number of ketones is 1. The SMILES string of the molecule is CCC(=O)C=C(C=C(NC(=O)c1ccc(C)cc1)c1ccccc1)c1ccccc1. The van der Waals surface area contributed by atoms with Crippen LogP contribution in [0, 0.1) is 6.92 Å². The van der Waals surface area contributed by atoms with Crippen LogP contribution in [0.1, 0.15) is 40.4 Å². The Labute approximate surface area is 177 Å². The van der Waals surface area contributed by atoms with Crippen molar-refractivity contribution in [1.82, 2.24) is 5.32 Å². The van der Waals surface area contributed by atoms with Crippen LogP contribution in [-0.2, 0) is 4.79 Å². The van der Waals surface area contributed by atoms with Crippen LogP contribution >= 0.6 is 0 Å². The van der Waals surface area contributed by atoms with Gasteiger partial charge in [0.15, 0.2) is 5.78 Å². The molecule has 0 fully saturated rings. The second kappa shape index (κ2) is 10.2. The maximum Gasteiger partial charge on any atom is 0.255 e. The summed E-state index contributed by atoms with van der Waals surface area (Å²) >= 11 is 0. The molecular weight excluding hydrogens is 370 g/mol. The molecule has 30 heavy (non-hydrogen) atoms. The average Bonchev–Trinajstić information content (AvgIpc) is 2.79. The molecule has 150 valence electrons. The van der Waals surface area contributed by atoms with Crippen molar-refractivity contribution in [3.63, 3.8) is 0 Å². The van der Waals surface area contributed by atoms with E-state index >= 15 is 0 Å². The number of carbonyl (C=O) groups excluding carboxylic acids is 2. The van der Waals surface area contributed by atoms with Gasteiger partial charge in [-0.1, -0.05) is 85.3 Å². The Bertz CT molecular complexity index is 1060. The molecule has 0 atom stereocenters. The summed E-state index contributed by atoms with van der Waals surface area (Å²) in [6, 6.07) is 26.8. The Hall–Kier alpha value is -3.72. The molecule has 0 saturated heterocycles. The molecule has 3 aromatic carbocycles. The third-order valence-electron chi connectivity index (χ3n) is 4.72. The Morgan fingerprint density at radius 2 is 1.30 bits per heavy atom. The van der Waals surface area contributed by atoms with Crippen molar-refractivity contribution in [2.75, 3.05) is 0 Å². The number of nitrogens with one attached hydrogen (secondary N) is 1. The summed E-state index contributed by atoms with van der Waals surface area (Å²) < 4.78 is 0. The van der Waals surface area contributed by atoms with Gasteiger partial charge >= 0.3 is 0 Å². The maximum atomic E-state index is 12.9. The van der Waals surface area contributed by atoms with E-state index in [1.54, 1.807) is 6.08 Å². The van der Waals surface area contributed by atoms with E-state index in [1.165, 1.54) is 0 Å². The van der Waals surface area contributed by atoms with Gasteiger partial charge in [0.05, 0.1) is 0 Å². The van der Waals surface area contributed by atoms with Crippen molar-refractivity contribution in [3.05, 3.63) is 119 Å². The van der Waals surface area contributed by atoms with Gasteiger partial charge < -0.3 is 5.32 Å². The molecule has 1 amide bonds. The lowest BCUT2D eigenvalue weighted by Crippen LogP contribution is -2.22. The average molecular weight is 396 g/mol. The van der Waals surface area contributed by atoms with Crippen LogP contribution in [0.15, 0.2) is 97.1 Å². The molecule has 0 spiro atoms. The van der Waals surface area contributed by atoms with Crippen molar-refractivity contribution >= 4 is 23.0 Å². The van der Waals surface area contributed by atoms with Crippen LogP contribution in [0.4, 0.5) is 0 Å². The van der Waals surface area contributed by atoms with Gasteiger partial charge in [0.25, 0.3) is 5.91 Å². The predicted molar refractivity (Wildman–Crippen MR) is 123 cm³/mol. The van der Waals surface area contributed by atoms with E-state index in [9.17, 15) is 9.59 Å². The minimum absolute atomic E-state index is 0.0300. The van der Waals surface area contributed by atoms with Crippen molar-refractivity contribution < 1.29 is 9.59 Å². The van der Waals surface area contributed by atoms with Gasteiger partial charge in [-0.3, -0.25) is 9.59 Å². The molecule has 0 aliphatic heterocycles. The third kappa shape index (κ3) is 5.65. The Morgan fingerprint density at radius 1 is 0.733 bits per heavy atom.